The predicted molar refractivity (Wildman–Crippen MR) is 180 cm³/mol. The lowest BCUT2D eigenvalue weighted by Crippen LogP contribution is -2.49. The van der Waals surface area contributed by atoms with E-state index in [-0.39, 0.29) is 35.6 Å². The van der Waals surface area contributed by atoms with Crippen molar-refractivity contribution in [3.8, 4) is 23.6 Å². The highest BCUT2D eigenvalue weighted by atomic mass is 32.1. The van der Waals surface area contributed by atoms with Gasteiger partial charge in [0.15, 0.2) is 0 Å². The molecule has 0 unspecified atom stereocenters. The van der Waals surface area contributed by atoms with Crippen molar-refractivity contribution in [2.45, 2.75) is 94.4 Å². The number of nitrogens with zero attached hydrogens (tertiary/aromatic N) is 7. The zero-order valence-corrected chi connectivity index (χ0v) is 28.9. The van der Waals surface area contributed by atoms with Crippen molar-refractivity contribution in [2.24, 2.45) is 0 Å². The quantitative estimate of drug-likeness (QED) is 0.284. The van der Waals surface area contributed by atoms with E-state index in [0.717, 1.165) is 68.4 Å². The van der Waals surface area contributed by atoms with Gasteiger partial charge in [0.1, 0.15) is 23.0 Å². The second-order valence-corrected chi connectivity index (χ2v) is 15.1. The van der Waals surface area contributed by atoms with Crippen molar-refractivity contribution in [2.75, 3.05) is 51.0 Å². The number of hydrogen-bond acceptors (Lipinski definition) is 13. The zero-order valence-electron chi connectivity index (χ0n) is 28.0. The molecule has 5 heterocycles. The first-order chi connectivity index (χ1) is 23.1. The molecule has 2 aliphatic heterocycles. The summed E-state index contributed by atoms with van der Waals surface area (Å²) in [7, 11) is 3.78. The summed E-state index contributed by atoms with van der Waals surface area (Å²) in [5.41, 5.74) is 6.72. The maximum Gasteiger partial charge on any atom is 0.315 e. The Labute approximate surface area is 284 Å². The summed E-state index contributed by atoms with van der Waals surface area (Å²) in [6.07, 6.45) is 7.23. The van der Waals surface area contributed by atoms with E-state index in [4.69, 9.17) is 34.7 Å². The van der Waals surface area contributed by atoms with Crippen molar-refractivity contribution >= 4 is 28.2 Å². The monoisotopic (exact) mass is 676 g/mol. The van der Waals surface area contributed by atoms with Gasteiger partial charge in [0.05, 0.1) is 23.1 Å². The summed E-state index contributed by atoms with van der Waals surface area (Å²) in [6, 6.07) is 4.21. The van der Waals surface area contributed by atoms with E-state index in [1.54, 1.807) is 7.11 Å². The largest absolute Gasteiger partial charge is 0.473 e. The van der Waals surface area contributed by atoms with Crippen LogP contribution in [0.25, 0.3) is 11.6 Å². The Balaban J connectivity index is 1.15. The van der Waals surface area contributed by atoms with E-state index in [2.05, 4.69) is 45.6 Å². The van der Waals surface area contributed by atoms with E-state index in [1.165, 1.54) is 11.3 Å². The number of methoxy groups -OCH3 is 1. The smallest absolute Gasteiger partial charge is 0.315 e. The maximum atomic E-state index is 12.8. The molecule has 3 aromatic rings. The van der Waals surface area contributed by atoms with Crippen LogP contribution in [0, 0.1) is 11.3 Å². The number of amides is 2. The number of carbonyl (C=O) groups excluding carboxylic acids is 1. The van der Waals surface area contributed by atoms with Gasteiger partial charge in [-0.1, -0.05) is 5.16 Å². The fourth-order valence-corrected chi connectivity index (χ4v) is 8.85. The average Bonchev–Trinajstić information content (AvgIpc) is 3.55. The Morgan fingerprint density at radius 1 is 1.23 bits per heavy atom. The molecule has 256 valence electrons. The Morgan fingerprint density at radius 2 is 2.06 bits per heavy atom. The van der Waals surface area contributed by atoms with Crippen LogP contribution in [0.1, 0.15) is 80.7 Å². The number of anilines is 2. The molecule has 2 aliphatic carbocycles. The first-order valence-electron chi connectivity index (χ1n) is 16.9. The molecule has 2 amide bonds. The lowest BCUT2D eigenvalue weighted by molar-refractivity contribution is 0.117. The van der Waals surface area contributed by atoms with Crippen LogP contribution in [0.4, 0.5) is 15.6 Å². The number of nitrogens with one attached hydrogen (secondary N) is 2. The van der Waals surface area contributed by atoms with Gasteiger partial charge in [0.25, 0.3) is 0 Å². The van der Waals surface area contributed by atoms with Crippen molar-refractivity contribution < 1.29 is 18.8 Å². The summed E-state index contributed by atoms with van der Waals surface area (Å²) in [6.45, 7) is 6.94. The van der Waals surface area contributed by atoms with Gasteiger partial charge in [0, 0.05) is 48.8 Å². The van der Waals surface area contributed by atoms with Gasteiger partial charge in [-0.25, -0.2) is 9.78 Å². The number of thiophene rings is 1. The number of aryl methyl sites for hydroxylation is 1. The third-order valence-corrected chi connectivity index (χ3v) is 11.5. The van der Waals surface area contributed by atoms with Crippen molar-refractivity contribution in [1.29, 1.82) is 5.26 Å². The molecule has 0 radical (unpaired) electrons. The van der Waals surface area contributed by atoms with E-state index in [9.17, 15) is 10.1 Å². The Hall–Kier alpha value is -4.00. The van der Waals surface area contributed by atoms with Crippen LogP contribution >= 0.6 is 11.3 Å². The number of likely N-dealkylation sites (N-methyl/N-ethyl adjacent to an activating group) is 1. The second-order valence-electron chi connectivity index (χ2n) is 14.0. The van der Waals surface area contributed by atoms with E-state index in [0.29, 0.717) is 53.7 Å². The van der Waals surface area contributed by atoms with Gasteiger partial charge in [-0.15, -0.1) is 11.3 Å². The molecule has 4 aliphatic rings. The molecule has 7 rings (SSSR count). The first-order valence-corrected chi connectivity index (χ1v) is 17.7. The van der Waals surface area contributed by atoms with Crippen molar-refractivity contribution in [3.63, 3.8) is 0 Å². The number of nitriles is 1. The van der Waals surface area contributed by atoms with Gasteiger partial charge in [-0.05, 0) is 78.8 Å². The summed E-state index contributed by atoms with van der Waals surface area (Å²) in [5.74, 6) is 2.04. The number of ether oxygens (including phenoxy) is 2. The summed E-state index contributed by atoms with van der Waals surface area (Å²) < 4.78 is 17.7. The summed E-state index contributed by atoms with van der Waals surface area (Å²) >= 11 is 1.47. The summed E-state index contributed by atoms with van der Waals surface area (Å²) in [5, 5.41) is 21.0. The number of aromatic nitrogens is 4. The Kier molecular flexibility index (Phi) is 8.67. The van der Waals surface area contributed by atoms with Gasteiger partial charge in [0.2, 0.25) is 23.4 Å². The minimum absolute atomic E-state index is 0.0539. The minimum atomic E-state index is -0.659. The number of nitrogen functional groups attached to an aromatic ring is 1. The number of rotatable bonds is 10. The molecular formula is C33H44N10O4S. The van der Waals surface area contributed by atoms with Crippen LogP contribution in [0.2, 0.25) is 0 Å². The van der Waals surface area contributed by atoms with E-state index in [1.807, 2.05) is 13.0 Å². The average molecular weight is 677 g/mol. The van der Waals surface area contributed by atoms with Gasteiger partial charge in [-0.2, -0.15) is 15.2 Å². The van der Waals surface area contributed by atoms with Gasteiger partial charge in [-0.3, -0.25) is 4.90 Å². The zero-order chi connectivity index (χ0) is 33.6. The molecule has 3 aromatic heterocycles. The third kappa shape index (κ3) is 6.17. The highest BCUT2D eigenvalue weighted by Gasteiger charge is 2.45. The lowest BCUT2D eigenvalue weighted by atomic mass is 9.72. The fraction of sp³-hybridized carbons (Fsp3) is 0.636. The molecule has 4 N–H and O–H groups in total. The molecule has 4 atom stereocenters. The fourth-order valence-electron chi connectivity index (χ4n) is 7.66. The van der Waals surface area contributed by atoms with Gasteiger partial charge >= 0.3 is 6.03 Å². The maximum absolute atomic E-state index is 12.8. The topological polar surface area (TPSA) is 181 Å². The number of likely N-dealkylation sites (tertiary alicyclic amines) is 1. The summed E-state index contributed by atoms with van der Waals surface area (Å²) in [4.78, 5) is 32.9. The molecule has 0 spiro atoms. The molecule has 48 heavy (non-hydrogen) atoms. The molecule has 2 saturated heterocycles. The van der Waals surface area contributed by atoms with Crippen LogP contribution < -0.4 is 26.0 Å². The Bertz CT molecular complexity index is 1720. The molecule has 14 nitrogen and oxygen atoms in total. The minimum Gasteiger partial charge on any atom is -0.473 e. The van der Waals surface area contributed by atoms with E-state index < -0.39 is 5.41 Å². The third-order valence-electron chi connectivity index (χ3n) is 10.5. The van der Waals surface area contributed by atoms with Gasteiger partial charge < -0.3 is 35.3 Å². The highest BCUT2D eigenvalue weighted by molar-refractivity contribution is 7.16. The number of fused-ring (bicyclic) bond motifs is 1. The number of hydrogen-bond donors (Lipinski definition) is 3. The normalized spacial score (nSPS) is 25.4. The highest BCUT2D eigenvalue weighted by Crippen LogP contribution is 2.48. The number of nitrogens with two attached hydrogens (primary N) is 1. The molecular weight excluding hydrogens is 632 g/mol. The molecule has 0 bridgehead atoms. The SMILES string of the molecule is COCC1(NC(=O)N[C@H]2CCN(c3cc(O[C@@H](C)[C@@H]4CCCN4C)nc(-c4noc([C@@]5(C)CCCc6sc(N)c(C#N)c65)n4)n3)C2)CC1. The van der Waals surface area contributed by atoms with Crippen molar-refractivity contribution in [3.05, 3.63) is 28.0 Å². The number of urea groups is 1. The van der Waals surface area contributed by atoms with Crippen LogP contribution in [-0.2, 0) is 16.6 Å². The van der Waals surface area contributed by atoms with Crippen LogP contribution in [0.15, 0.2) is 10.6 Å². The van der Waals surface area contributed by atoms with Crippen LogP contribution in [0.3, 0.4) is 0 Å². The van der Waals surface area contributed by atoms with E-state index >= 15 is 0 Å². The first kappa shape index (κ1) is 32.5. The number of carbonyl (C=O) groups is 1. The Morgan fingerprint density at radius 3 is 2.79 bits per heavy atom. The van der Waals surface area contributed by atoms with Crippen LogP contribution in [-0.4, -0.2) is 95.2 Å². The molecule has 3 fully saturated rings. The molecule has 0 aromatic carbocycles. The van der Waals surface area contributed by atoms with Crippen molar-refractivity contribution in [1.82, 2.24) is 35.6 Å². The standard InChI is InChI=1S/C33H44N10O4S/c1-19(22-7-6-13-42(22)3)46-25-15-24(43-14-9-20(17-43)36-31(44)40-33(11-12-33)18-45-4)37-28(38-25)29-39-30(47-41-29)32(2)10-5-8-23-26(32)21(16-34)27(35)48-23/h15,19-20,22H,5-14,17-18,35H2,1-4H3,(H2,36,40,44)/t19-,20-,22-,32-/m0/s1. The lowest BCUT2D eigenvalue weighted by Gasteiger charge is -2.30. The van der Waals surface area contributed by atoms with Crippen LogP contribution in [0.5, 0.6) is 5.88 Å². The molecule has 1 saturated carbocycles. The molecule has 15 heteroatoms. The second kappa shape index (κ2) is 12.8. The predicted octanol–water partition coefficient (Wildman–Crippen LogP) is 3.60.